The third kappa shape index (κ3) is 4.29. The zero-order chi connectivity index (χ0) is 12.0. The van der Waals surface area contributed by atoms with Crippen LogP contribution in [0.15, 0.2) is 18.5 Å². The highest BCUT2D eigenvalue weighted by Gasteiger charge is 2.06. The summed E-state index contributed by atoms with van der Waals surface area (Å²) in [5, 5.41) is 0. The molecule has 0 radical (unpaired) electrons. The van der Waals surface area contributed by atoms with Gasteiger partial charge in [0.05, 0.1) is 0 Å². The van der Waals surface area contributed by atoms with Crippen molar-refractivity contribution in [2.75, 3.05) is 13.1 Å². The maximum atomic E-state index is 5.61. The molecule has 16 heavy (non-hydrogen) atoms. The quantitative estimate of drug-likeness (QED) is 0.799. The molecule has 3 nitrogen and oxygen atoms in total. The Labute approximate surface area is 98.7 Å². The fraction of sp³-hybridized carbons (Fsp3) is 0.615. The minimum absolute atomic E-state index is 0.567. The van der Waals surface area contributed by atoms with E-state index in [1.807, 2.05) is 12.4 Å². The van der Waals surface area contributed by atoms with E-state index in [2.05, 4.69) is 36.7 Å². The van der Waals surface area contributed by atoms with Gasteiger partial charge in [0, 0.05) is 32.0 Å². The molecule has 1 rings (SSSR count). The van der Waals surface area contributed by atoms with Crippen LogP contribution in [0.2, 0.25) is 0 Å². The second kappa shape index (κ2) is 6.61. The molecule has 3 heteroatoms. The van der Waals surface area contributed by atoms with Crippen LogP contribution in [-0.2, 0) is 13.1 Å². The van der Waals surface area contributed by atoms with Crippen molar-refractivity contribution in [2.45, 2.75) is 33.9 Å². The van der Waals surface area contributed by atoms with Crippen molar-refractivity contribution in [1.82, 2.24) is 9.88 Å². The number of hydrogen-bond acceptors (Lipinski definition) is 3. The standard InChI is InChI=1S/C13H23N3/c1-4-16(9-11(2)3)10-13-5-12(6-14)7-15-8-13/h5,7-8,11H,4,6,9-10,14H2,1-3H3. The fourth-order valence-electron chi connectivity index (χ4n) is 1.82. The second-order valence-corrected chi connectivity index (χ2v) is 4.63. The Morgan fingerprint density at radius 2 is 2.00 bits per heavy atom. The van der Waals surface area contributed by atoms with Crippen LogP contribution in [0.25, 0.3) is 0 Å². The fourth-order valence-corrected chi connectivity index (χ4v) is 1.82. The van der Waals surface area contributed by atoms with Gasteiger partial charge in [-0.05, 0) is 23.6 Å². The van der Waals surface area contributed by atoms with E-state index < -0.39 is 0 Å². The third-order valence-corrected chi connectivity index (χ3v) is 2.56. The summed E-state index contributed by atoms with van der Waals surface area (Å²) >= 11 is 0. The number of rotatable bonds is 6. The summed E-state index contributed by atoms with van der Waals surface area (Å²) in [7, 11) is 0. The summed E-state index contributed by atoms with van der Waals surface area (Å²) in [5.74, 6) is 0.700. The summed E-state index contributed by atoms with van der Waals surface area (Å²) in [6.45, 7) is 10.4. The zero-order valence-electron chi connectivity index (χ0n) is 10.6. The van der Waals surface area contributed by atoms with Gasteiger partial charge < -0.3 is 5.73 Å². The first-order chi connectivity index (χ1) is 7.65. The maximum Gasteiger partial charge on any atom is 0.0313 e. The monoisotopic (exact) mass is 221 g/mol. The van der Waals surface area contributed by atoms with Crippen LogP contribution in [0, 0.1) is 5.92 Å². The van der Waals surface area contributed by atoms with Gasteiger partial charge in [-0.3, -0.25) is 9.88 Å². The average molecular weight is 221 g/mol. The van der Waals surface area contributed by atoms with Crippen molar-refractivity contribution >= 4 is 0 Å². The summed E-state index contributed by atoms with van der Waals surface area (Å²) in [5.41, 5.74) is 7.97. The lowest BCUT2D eigenvalue weighted by atomic mass is 10.1. The van der Waals surface area contributed by atoms with Gasteiger partial charge >= 0.3 is 0 Å². The van der Waals surface area contributed by atoms with Crippen LogP contribution in [0.1, 0.15) is 31.9 Å². The largest absolute Gasteiger partial charge is 0.326 e. The van der Waals surface area contributed by atoms with Gasteiger partial charge in [0.2, 0.25) is 0 Å². The molecule has 0 amide bonds. The molecule has 0 saturated carbocycles. The number of nitrogens with zero attached hydrogens (tertiary/aromatic N) is 2. The van der Waals surface area contributed by atoms with Crippen LogP contribution in [0.4, 0.5) is 0 Å². The first-order valence-corrected chi connectivity index (χ1v) is 6.01. The Hall–Kier alpha value is -0.930. The van der Waals surface area contributed by atoms with Crippen molar-refractivity contribution in [1.29, 1.82) is 0 Å². The van der Waals surface area contributed by atoms with E-state index in [0.29, 0.717) is 12.5 Å². The number of aromatic nitrogens is 1. The predicted molar refractivity (Wildman–Crippen MR) is 67.9 cm³/mol. The van der Waals surface area contributed by atoms with Gasteiger partial charge in [0.1, 0.15) is 0 Å². The molecule has 0 aliphatic heterocycles. The van der Waals surface area contributed by atoms with E-state index in [4.69, 9.17) is 5.73 Å². The van der Waals surface area contributed by atoms with E-state index in [0.717, 1.165) is 25.2 Å². The number of hydrogen-bond donors (Lipinski definition) is 1. The highest BCUT2D eigenvalue weighted by molar-refractivity contribution is 5.17. The highest BCUT2D eigenvalue weighted by Crippen LogP contribution is 2.08. The Morgan fingerprint density at radius 1 is 1.31 bits per heavy atom. The van der Waals surface area contributed by atoms with Crippen molar-refractivity contribution in [3.63, 3.8) is 0 Å². The van der Waals surface area contributed by atoms with Crippen molar-refractivity contribution in [3.8, 4) is 0 Å². The van der Waals surface area contributed by atoms with E-state index in [-0.39, 0.29) is 0 Å². The molecule has 0 unspecified atom stereocenters. The smallest absolute Gasteiger partial charge is 0.0313 e. The van der Waals surface area contributed by atoms with Crippen LogP contribution < -0.4 is 5.73 Å². The minimum Gasteiger partial charge on any atom is -0.326 e. The maximum absolute atomic E-state index is 5.61. The highest BCUT2D eigenvalue weighted by atomic mass is 15.1. The molecular weight excluding hydrogens is 198 g/mol. The molecule has 1 aromatic heterocycles. The Bertz CT molecular complexity index is 310. The Morgan fingerprint density at radius 3 is 2.56 bits per heavy atom. The molecule has 0 aliphatic carbocycles. The van der Waals surface area contributed by atoms with Crippen molar-refractivity contribution < 1.29 is 0 Å². The lowest BCUT2D eigenvalue weighted by Crippen LogP contribution is -2.27. The summed E-state index contributed by atoms with van der Waals surface area (Å²) < 4.78 is 0. The number of nitrogens with two attached hydrogens (primary N) is 1. The molecule has 1 heterocycles. The van der Waals surface area contributed by atoms with E-state index in [9.17, 15) is 0 Å². The topological polar surface area (TPSA) is 42.2 Å². The van der Waals surface area contributed by atoms with Gasteiger partial charge in [-0.15, -0.1) is 0 Å². The minimum atomic E-state index is 0.567. The molecular formula is C13H23N3. The lowest BCUT2D eigenvalue weighted by molar-refractivity contribution is 0.248. The van der Waals surface area contributed by atoms with Gasteiger partial charge in [-0.2, -0.15) is 0 Å². The first kappa shape index (κ1) is 13.1. The van der Waals surface area contributed by atoms with Crippen molar-refractivity contribution in [2.24, 2.45) is 11.7 Å². The second-order valence-electron chi connectivity index (χ2n) is 4.63. The molecule has 2 N–H and O–H groups in total. The van der Waals surface area contributed by atoms with Gasteiger partial charge in [-0.25, -0.2) is 0 Å². The zero-order valence-corrected chi connectivity index (χ0v) is 10.6. The SMILES string of the molecule is CCN(Cc1cncc(CN)c1)CC(C)C. The Balaban J connectivity index is 2.62. The van der Waals surface area contributed by atoms with Gasteiger partial charge in [-0.1, -0.05) is 26.8 Å². The molecule has 0 saturated heterocycles. The van der Waals surface area contributed by atoms with Gasteiger partial charge in [0.15, 0.2) is 0 Å². The normalized spacial score (nSPS) is 11.4. The average Bonchev–Trinajstić information content (AvgIpc) is 2.28. The van der Waals surface area contributed by atoms with E-state index in [1.54, 1.807) is 0 Å². The third-order valence-electron chi connectivity index (χ3n) is 2.56. The van der Waals surface area contributed by atoms with Crippen LogP contribution >= 0.6 is 0 Å². The Kier molecular flexibility index (Phi) is 5.43. The van der Waals surface area contributed by atoms with E-state index >= 15 is 0 Å². The van der Waals surface area contributed by atoms with Gasteiger partial charge in [0.25, 0.3) is 0 Å². The molecule has 90 valence electrons. The van der Waals surface area contributed by atoms with Crippen LogP contribution in [0.5, 0.6) is 0 Å². The number of pyridine rings is 1. The molecule has 0 bridgehead atoms. The van der Waals surface area contributed by atoms with Crippen LogP contribution in [-0.4, -0.2) is 23.0 Å². The molecule has 0 aliphatic rings. The van der Waals surface area contributed by atoms with Crippen molar-refractivity contribution in [3.05, 3.63) is 29.6 Å². The van der Waals surface area contributed by atoms with Crippen LogP contribution in [0.3, 0.4) is 0 Å². The summed E-state index contributed by atoms with van der Waals surface area (Å²) in [6.07, 6.45) is 3.77. The molecule has 0 fully saturated rings. The first-order valence-electron chi connectivity index (χ1n) is 6.01. The molecule has 0 aromatic carbocycles. The lowest BCUT2D eigenvalue weighted by Gasteiger charge is -2.22. The summed E-state index contributed by atoms with van der Waals surface area (Å²) in [6, 6.07) is 2.15. The predicted octanol–water partition coefficient (Wildman–Crippen LogP) is 2.02. The molecule has 0 spiro atoms. The van der Waals surface area contributed by atoms with E-state index in [1.165, 1.54) is 5.56 Å². The molecule has 0 atom stereocenters. The summed E-state index contributed by atoms with van der Waals surface area (Å²) in [4.78, 5) is 6.65. The molecule has 1 aromatic rings.